The molecule has 2 aromatic rings. The van der Waals surface area contributed by atoms with Gasteiger partial charge in [0.1, 0.15) is 5.75 Å². The Bertz CT molecular complexity index is 507. The standard InChI is InChI=1S/C16H18ClNO/c1-2-19-15-9-3-12(4-10-15)11-16(18)13-5-7-14(17)8-6-13/h3-10,16H,2,11,18H2,1H3. The lowest BCUT2D eigenvalue weighted by Gasteiger charge is -2.12. The molecule has 100 valence electrons. The van der Waals surface area contributed by atoms with Gasteiger partial charge in [0, 0.05) is 11.1 Å². The van der Waals surface area contributed by atoms with Gasteiger partial charge in [0.05, 0.1) is 6.61 Å². The summed E-state index contributed by atoms with van der Waals surface area (Å²) in [4.78, 5) is 0. The fraction of sp³-hybridized carbons (Fsp3) is 0.250. The van der Waals surface area contributed by atoms with E-state index in [-0.39, 0.29) is 6.04 Å². The van der Waals surface area contributed by atoms with Crippen LogP contribution < -0.4 is 10.5 Å². The highest BCUT2D eigenvalue weighted by atomic mass is 35.5. The molecule has 0 radical (unpaired) electrons. The largest absolute Gasteiger partial charge is 0.494 e. The fourth-order valence-corrected chi connectivity index (χ4v) is 2.10. The molecule has 0 heterocycles. The number of hydrogen-bond acceptors (Lipinski definition) is 2. The average Bonchev–Trinajstić information content (AvgIpc) is 2.42. The zero-order chi connectivity index (χ0) is 13.7. The Morgan fingerprint density at radius 1 is 1.05 bits per heavy atom. The summed E-state index contributed by atoms with van der Waals surface area (Å²) in [5.74, 6) is 0.895. The first-order valence-corrected chi connectivity index (χ1v) is 6.79. The minimum Gasteiger partial charge on any atom is -0.494 e. The molecule has 0 aliphatic heterocycles. The van der Waals surface area contributed by atoms with Gasteiger partial charge in [-0.1, -0.05) is 35.9 Å². The molecule has 2 rings (SSSR count). The van der Waals surface area contributed by atoms with E-state index >= 15 is 0 Å². The molecule has 0 aliphatic rings. The monoisotopic (exact) mass is 275 g/mol. The van der Waals surface area contributed by atoms with Crippen LogP contribution in [0.3, 0.4) is 0 Å². The van der Waals surface area contributed by atoms with Crippen LogP contribution in [0.25, 0.3) is 0 Å². The van der Waals surface area contributed by atoms with Crippen molar-refractivity contribution in [2.45, 2.75) is 19.4 Å². The minimum absolute atomic E-state index is 0.0183. The van der Waals surface area contributed by atoms with E-state index in [1.807, 2.05) is 43.3 Å². The Balaban J connectivity index is 2.01. The van der Waals surface area contributed by atoms with Crippen molar-refractivity contribution < 1.29 is 4.74 Å². The molecule has 3 heteroatoms. The maximum absolute atomic E-state index is 6.20. The Kier molecular flexibility index (Phi) is 4.83. The van der Waals surface area contributed by atoms with E-state index in [0.717, 1.165) is 22.8 Å². The van der Waals surface area contributed by atoms with Crippen LogP contribution in [0.5, 0.6) is 5.75 Å². The third-order valence-corrected chi connectivity index (χ3v) is 3.24. The zero-order valence-corrected chi connectivity index (χ0v) is 11.7. The maximum atomic E-state index is 6.20. The molecule has 2 aromatic carbocycles. The number of halogens is 1. The van der Waals surface area contributed by atoms with Crippen LogP contribution in [-0.4, -0.2) is 6.61 Å². The third-order valence-electron chi connectivity index (χ3n) is 2.99. The van der Waals surface area contributed by atoms with Gasteiger partial charge in [-0.2, -0.15) is 0 Å². The molecule has 0 amide bonds. The number of nitrogens with two attached hydrogens (primary N) is 1. The van der Waals surface area contributed by atoms with Crippen LogP contribution in [0.2, 0.25) is 5.02 Å². The SMILES string of the molecule is CCOc1ccc(CC(N)c2ccc(Cl)cc2)cc1. The molecule has 1 unspecified atom stereocenters. The molecule has 2 N–H and O–H groups in total. The van der Waals surface area contributed by atoms with E-state index in [4.69, 9.17) is 22.1 Å². The fourth-order valence-electron chi connectivity index (χ4n) is 1.97. The van der Waals surface area contributed by atoms with Gasteiger partial charge < -0.3 is 10.5 Å². The normalized spacial score (nSPS) is 12.2. The van der Waals surface area contributed by atoms with Gasteiger partial charge in [-0.15, -0.1) is 0 Å². The van der Waals surface area contributed by atoms with E-state index in [0.29, 0.717) is 6.61 Å². The summed E-state index contributed by atoms with van der Waals surface area (Å²) in [5.41, 5.74) is 8.50. The molecule has 0 saturated heterocycles. The summed E-state index contributed by atoms with van der Waals surface area (Å²) in [6.45, 7) is 2.66. The van der Waals surface area contributed by atoms with E-state index in [2.05, 4.69) is 12.1 Å². The van der Waals surface area contributed by atoms with Gasteiger partial charge >= 0.3 is 0 Å². The number of rotatable bonds is 5. The van der Waals surface area contributed by atoms with Crippen molar-refractivity contribution in [2.75, 3.05) is 6.61 Å². The van der Waals surface area contributed by atoms with Crippen molar-refractivity contribution in [1.29, 1.82) is 0 Å². The Labute approximate surface area is 119 Å². The first-order valence-electron chi connectivity index (χ1n) is 6.42. The highest BCUT2D eigenvalue weighted by molar-refractivity contribution is 6.30. The predicted molar refractivity (Wildman–Crippen MR) is 79.7 cm³/mol. The second-order valence-corrected chi connectivity index (χ2v) is 4.88. The maximum Gasteiger partial charge on any atom is 0.119 e. The van der Waals surface area contributed by atoms with Crippen molar-refractivity contribution in [3.05, 3.63) is 64.7 Å². The summed E-state index contributed by atoms with van der Waals surface area (Å²) in [5, 5.41) is 0.733. The highest BCUT2D eigenvalue weighted by Gasteiger charge is 2.07. The Morgan fingerprint density at radius 3 is 2.26 bits per heavy atom. The summed E-state index contributed by atoms with van der Waals surface area (Å²) < 4.78 is 5.42. The lowest BCUT2D eigenvalue weighted by Crippen LogP contribution is -2.13. The van der Waals surface area contributed by atoms with Crippen molar-refractivity contribution in [3.8, 4) is 5.75 Å². The van der Waals surface area contributed by atoms with Gasteiger partial charge in [0.15, 0.2) is 0 Å². The van der Waals surface area contributed by atoms with Crippen LogP contribution in [0.1, 0.15) is 24.1 Å². The molecular formula is C16H18ClNO. The van der Waals surface area contributed by atoms with Crippen LogP contribution in [-0.2, 0) is 6.42 Å². The summed E-state index contributed by atoms with van der Waals surface area (Å²) in [6, 6.07) is 15.7. The van der Waals surface area contributed by atoms with Gasteiger partial charge in [-0.3, -0.25) is 0 Å². The van der Waals surface area contributed by atoms with E-state index in [1.54, 1.807) is 0 Å². The molecule has 0 aliphatic carbocycles. The molecule has 2 nitrogen and oxygen atoms in total. The van der Waals surface area contributed by atoms with Crippen molar-refractivity contribution >= 4 is 11.6 Å². The van der Waals surface area contributed by atoms with Crippen molar-refractivity contribution in [1.82, 2.24) is 0 Å². The number of hydrogen-bond donors (Lipinski definition) is 1. The van der Waals surface area contributed by atoms with Gasteiger partial charge in [-0.05, 0) is 48.7 Å². The van der Waals surface area contributed by atoms with E-state index in [9.17, 15) is 0 Å². The number of ether oxygens (including phenoxy) is 1. The molecular weight excluding hydrogens is 258 g/mol. The van der Waals surface area contributed by atoms with Crippen LogP contribution >= 0.6 is 11.6 Å². The van der Waals surface area contributed by atoms with Gasteiger partial charge in [0.25, 0.3) is 0 Å². The predicted octanol–water partition coefficient (Wildman–Crippen LogP) is 3.98. The van der Waals surface area contributed by atoms with E-state index in [1.165, 1.54) is 5.56 Å². The van der Waals surface area contributed by atoms with Crippen LogP contribution in [0.4, 0.5) is 0 Å². The quantitative estimate of drug-likeness (QED) is 0.896. The lowest BCUT2D eigenvalue weighted by atomic mass is 10.00. The zero-order valence-electron chi connectivity index (χ0n) is 11.0. The summed E-state index contributed by atoms with van der Waals surface area (Å²) >= 11 is 5.87. The summed E-state index contributed by atoms with van der Waals surface area (Å²) in [7, 11) is 0. The van der Waals surface area contributed by atoms with Crippen molar-refractivity contribution in [2.24, 2.45) is 5.73 Å². The van der Waals surface area contributed by atoms with Crippen molar-refractivity contribution in [3.63, 3.8) is 0 Å². The lowest BCUT2D eigenvalue weighted by molar-refractivity contribution is 0.340. The van der Waals surface area contributed by atoms with Crippen LogP contribution in [0, 0.1) is 0 Å². The smallest absolute Gasteiger partial charge is 0.119 e. The average molecular weight is 276 g/mol. The minimum atomic E-state index is -0.0183. The third kappa shape index (κ3) is 3.98. The van der Waals surface area contributed by atoms with Gasteiger partial charge in [-0.25, -0.2) is 0 Å². The molecule has 0 fully saturated rings. The van der Waals surface area contributed by atoms with Crippen LogP contribution in [0.15, 0.2) is 48.5 Å². The second-order valence-electron chi connectivity index (χ2n) is 4.44. The Morgan fingerprint density at radius 2 is 1.68 bits per heavy atom. The molecule has 1 atom stereocenters. The number of benzene rings is 2. The topological polar surface area (TPSA) is 35.2 Å². The first kappa shape index (κ1) is 13.9. The van der Waals surface area contributed by atoms with Gasteiger partial charge in [0.2, 0.25) is 0 Å². The second kappa shape index (κ2) is 6.60. The first-order chi connectivity index (χ1) is 9.19. The molecule has 19 heavy (non-hydrogen) atoms. The highest BCUT2D eigenvalue weighted by Crippen LogP contribution is 2.20. The Hall–Kier alpha value is -1.51. The molecule has 0 spiro atoms. The molecule has 0 saturated carbocycles. The molecule has 0 aromatic heterocycles. The molecule has 0 bridgehead atoms. The summed E-state index contributed by atoms with van der Waals surface area (Å²) in [6.07, 6.45) is 0.800. The van der Waals surface area contributed by atoms with E-state index < -0.39 is 0 Å².